The van der Waals surface area contributed by atoms with Crippen LogP contribution in [0.5, 0.6) is 5.75 Å². The number of aromatic nitrogens is 2. The first-order valence-corrected chi connectivity index (χ1v) is 17.6. The van der Waals surface area contributed by atoms with Gasteiger partial charge >= 0.3 is 11.9 Å². The molecule has 0 aliphatic heterocycles. The first kappa shape index (κ1) is 38.4. The van der Waals surface area contributed by atoms with Crippen LogP contribution in [0.2, 0.25) is 0 Å². The number of benzene rings is 3. The summed E-state index contributed by atoms with van der Waals surface area (Å²) < 4.78 is 5.88. The van der Waals surface area contributed by atoms with E-state index in [2.05, 4.69) is 22.2 Å². The molecular weight excluding hydrogens is 646 g/mol. The quantitative estimate of drug-likeness (QED) is 0.0622. The zero-order chi connectivity index (χ0) is 36.8. The zero-order valence-corrected chi connectivity index (χ0v) is 29.5. The predicted molar refractivity (Wildman–Crippen MR) is 196 cm³/mol. The van der Waals surface area contributed by atoms with Crippen molar-refractivity contribution in [1.82, 2.24) is 15.3 Å². The molecule has 10 nitrogen and oxygen atoms in total. The predicted octanol–water partition coefficient (Wildman–Crippen LogP) is 7.76. The maximum Gasteiger partial charge on any atom is 0.326 e. The average Bonchev–Trinajstić information content (AvgIpc) is 3.13. The minimum atomic E-state index is -1.63. The Balaban J connectivity index is 1.43. The molecule has 268 valence electrons. The highest BCUT2D eigenvalue weighted by atomic mass is 16.5. The van der Waals surface area contributed by atoms with Crippen LogP contribution in [0.1, 0.15) is 93.1 Å². The molecule has 0 radical (unpaired) electrons. The van der Waals surface area contributed by atoms with E-state index < -0.39 is 36.2 Å². The molecule has 3 N–H and O–H groups in total. The van der Waals surface area contributed by atoms with Gasteiger partial charge in [-0.05, 0) is 47.6 Å². The van der Waals surface area contributed by atoms with Crippen molar-refractivity contribution in [3.05, 3.63) is 102 Å². The number of ether oxygens (including phenoxy) is 1. The second-order valence-corrected chi connectivity index (χ2v) is 13.1. The number of aliphatic carboxylic acids is 2. The Hall–Kier alpha value is -5.38. The number of hydrogen-bond acceptors (Lipinski definition) is 7. The summed E-state index contributed by atoms with van der Waals surface area (Å²) in [6.07, 6.45) is 8.61. The van der Waals surface area contributed by atoms with Gasteiger partial charge in [0.25, 0.3) is 0 Å². The molecule has 1 amide bonds. The summed E-state index contributed by atoms with van der Waals surface area (Å²) in [5.74, 6) is -3.13. The topological polar surface area (TPSA) is 156 Å². The fraction of sp³-hybridized carbons (Fsp3) is 0.366. The molecular formula is C41H47N3O7. The number of carbonyl (C=O) groups excluding carboxylic acids is 2. The molecule has 0 saturated heterocycles. The van der Waals surface area contributed by atoms with E-state index in [1.165, 1.54) is 25.7 Å². The molecule has 1 heterocycles. The van der Waals surface area contributed by atoms with E-state index in [4.69, 9.17) is 9.84 Å². The van der Waals surface area contributed by atoms with Crippen LogP contribution >= 0.6 is 0 Å². The van der Waals surface area contributed by atoms with Crippen LogP contribution in [0, 0.1) is 5.92 Å². The molecule has 10 heteroatoms. The summed E-state index contributed by atoms with van der Waals surface area (Å²) in [7, 11) is 0. The van der Waals surface area contributed by atoms with Crippen molar-refractivity contribution in [3.8, 4) is 28.3 Å². The number of unbranched alkanes of at least 4 members (excludes halogenated alkanes) is 4. The fourth-order valence-electron chi connectivity index (χ4n) is 5.66. The number of ketones is 1. The van der Waals surface area contributed by atoms with Crippen molar-refractivity contribution in [1.29, 1.82) is 0 Å². The summed E-state index contributed by atoms with van der Waals surface area (Å²) in [6, 6.07) is 20.7. The van der Waals surface area contributed by atoms with Crippen LogP contribution in [-0.2, 0) is 20.8 Å². The summed E-state index contributed by atoms with van der Waals surface area (Å²) in [5.41, 5.74) is 4.82. The van der Waals surface area contributed by atoms with Crippen LogP contribution in [0.4, 0.5) is 0 Å². The highest BCUT2D eigenvalue weighted by Crippen LogP contribution is 2.25. The highest BCUT2D eigenvalue weighted by Gasteiger charge is 2.29. The molecule has 0 spiro atoms. The maximum absolute atomic E-state index is 13.4. The summed E-state index contributed by atoms with van der Waals surface area (Å²) in [4.78, 5) is 58.7. The Morgan fingerprint density at radius 3 is 1.96 bits per heavy atom. The van der Waals surface area contributed by atoms with E-state index in [-0.39, 0.29) is 24.5 Å². The molecule has 0 saturated carbocycles. The molecule has 0 fully saturated rings. The lowest BCUT2D eigenvalue weighted by atomic mass is 9.90. The van der Waals surface area contributed by atoms with E-state index >= 15 is 0 Å². The summed E-state index contributed by atoms with van der Waals surface area (Å²) in [6.45, 7) is 7.00. The van der Waals surface area contributed by atoms with Gasteiger partial charge in [0, 0.05) is 41.4 Å². The molecule has 0 bridgehead atoms. The van der Waals surface area contributed by atoms with Gasteiger partial charge < -0.3 is 20.3 Å². The SMILES string of the molecule is CCCCCCCOc1ccc(-c2cnc(-c3ccc(C[C@H](CC(=O)c4ccc(C(C)C)cc4)C(=O)N[C@@H](CC(=O)O)C(=O)O)cc3)nc2)cc1. The Morgan fingerprint density at radius 1 is 0.745 bits per heavy atom. The molecule has 3 aromatic carbocycles. The minimum Gasteiger partial charge on any atom is -0.494 e. The molecule has 1 aromatic heterocycles. The number of hydrogen-bond donors (Lipinski definition) is 3. The first-order valence-electron chi connectivity index (χ1n) is 17.6. The Kier molecular flexibility index (Phi) is 14.4. The van der Waals surface area contributed by atoms with Crippen LogP contribution in [0.15, 0.2) is 85.2 Å². The van der Waals surface area contributed by atoms with E-state index in [9.17, 15) is 24.3 Å². The molecule has 0 aliphatic rings. The van der Waals surface area contributed by atoms with Gasteiger partial charge in [-0.25, -0.2) is 14.8 Å². The molecule has 4 aromatic rings. The van der Waals surface area contributed by atoms with Crippen molar-refractivity contribution < 1.29 is 34.1 Å². The molecule has 0 aliphatic carbocycles. The molecule has 51 heavy (non-hydrogen) atoms. The lowest BCUT2D eigenvalue weighted by Crippen LogP contribution is -2.45. The van der Waals surface area contributed by atoms with Gasteiger partial charge in [-0.2, -0.15) is 0 Å². The Morgan fingerprint density at radius 2 is 1.37 bits per heavy atom. The number of rotatable bonds is 20. The van der Waals surface area contributed by atoms with E-state index in [1.54, 1.807) is 24.5 Å². The van der Waals surface area contributed by atoms with Crippen LogP contribution in [0.3, 0.4) is 0 Å². The van der Waals surface area contributed by atoms with Gasteiger partial charge in [0.1, 0.15) is 11.8 Å². The zero-order valence-electron chi connectivity index (χ0n) is 29.5. The van der Waals surface area contributed by atoms with Gasteiger partial charge in [0.15, 0.2) is 11.6 Å². The third kappa shape index (κ3) is 11.9. The Labute approximate surface area is 299 Å². The maximum atomic E-state index is 13.4. The van der Waals surface area contributed by atoms with Gasteiger partial charge in [-0.15, -0.1) is 0 Å². The third-order valence-electron chi connectivity index (χ3n) is 8.75. The Bertz CT molecular complexity index is 1740. The highest BCUT2D eigenvalue weighted by molar-refractivity contribution is 5.99. The van der Waals surface area contributed by atoms with Crippen LogP contribution in [0.25, 0.3) is 22.5 Å². The van der Waals surface area contributed by atoms with Crippen molar-refractivity contribution in [2.75, 3.05) is 6.61 Å². The largest absolute Gasteiger partial charge is 0.494 e. The van der Waals surface area contributed by atoms with Gasteiger partial charge in [0.05, 0.1) is 13.0 Å². The third-order valence-corrected chi connectivity index (χ3v) is 8.75. The molecule has 4 rings (SSSR count). The van der Waals surface area contributed by atoms with E-state index in [0.717, 1.165) is 40.0 Å². The van der Waals surface area contributed by atoms with Crippen LogP contribution in [-0.4, -0.2) is 56.5 Å². The second-order valence-electron chi connectivity index (χ2n) is 13.1. The minimum absolute atomic E-state index is 0.125. The average molecular weight is 694 g/mol. The summed E-state index contributed by atoms with van der Waals surface area (Å²) in [5, 5.41) is 21.0. The standard InChI is InChI=1S/C41H47N3O7/c1-4-5-6-7-8-21-51-35-19-17-30(18-20-35)34-25-42-39(43-26-34)32-11-9-28(10-12-32)22-33(40(48)44-36(41(49)50)24-38(46)47)23-37(45)31-15-13-29(14-16-31)27(2)3/h9-20,25-27,33,36H,4-8,21-24H2,1-3H3,(H,44,48)(H,46,47)(H,49,50)/t33-,36+/m1/s1. The van der Waals surface area contributed by atoms with E-state index in [0.29, 0.717) is 18.0 Å². The van der Waals surface area contributed by atoms with Gasteiger partial charge in [-0.3, -0.25) is 14.4 Å². The number of carboxylic acids is 2. The number of amides is 1. The van der Waals surface area contributed by atoms with Crippen molar-refractivity contribution in [3.63, 3.8) is 0 Å². The number of nitrogens with zero attached hydrogens (tertiary/aromatic N) is 2. The van der Waals surface area contributed by atoms with Crippen molar-refractivity contribution in [2.24, 2.45) is 5.92 Å². The summed E-state index contributed by atoms with van der Waals surface area (Å²) >= 11 is 0. The number of Topliss-reactive ketones (excluding diaryl/α,β-unsaturated/α-hetero) is 1. The number of carboxylic acid groups (broad SMARTS) is 2. The lowest BCUT2D eigenvalue weighted by Gasteiger charge is -2.20. The molecule has 0 unspecified atom stereocenters. The van der Waals surface area contributed by atoms with Crippen molar-refractivity contribution in [2.45, 2.75) is 84.1 Å². The fourth-order valence-corrected chi connectivity index (χ4v) is 5.66. The molecule has 2 atom stereocenters. The monoisotopic (exact) mass is 693 g/mol. The van der Waals surface area contributed by atoms with E-state index in [1.807, 2.05) is 74.5 Å². The number of carbonyl (C=O) groups is 4. The smallest absolute Gasteiger partial charge is 0.326 e. The van der Waals surface area contributed by atoms with Crippen LogP contribution < -0.4 is 10.1 Å². The lowest BCUT2D eigenvalue weighted by molar-refractivity contribution is -0.147. The van der Waals surface area contributed by atoms with Gasteiger partial charge in [0.2, 0.25) is 5.91 Å². The second kappa shape index (κ2) is 19.1. The normalized spacial score (nSPS) is 12.2. The first-order chi connectivity index (χ1) is 24.5. The number of nitrogens with one attached hydrogen (secondary N) is 1. The van der Waals surface area contributed by atoms with Crippen molar-refractivity contribution >= 4 is 23.6 Å². The van der Waals surface area contributed by atoms with Gasteiger partial charge in [-0.1, -0.05) is 107 Å².